The van der Waals surface area contributed by atoms with Gasteiger partial charge in [0.1, 0.15) is 11.6 Å². The molecule has 2 aliphatic rings. The van der Waals surface area contributed by atoms with Gasteiger partial charge in [-0.2, -0.15) is 5.10 Å². The fourth-order valence-electron chi connectivity index (χ4n) is 5.12. The number of benzene rings is 2. The number of esters is 1. The summed E-state index contributed by atoms with van der Waals surface area (Å²) in [5.74, 6) is 1.61. The molecule has 2 saturated carbocycles. The summed E-state index contributed by atoms with van der Waals surface area (Å²) in [5.41, 5.74) is 5.58. The van der Waals surface area contributed by atoms with Gasteiger partial charge in [0.2, 0.25) is 0 Å². The molecule has 0 spiro atoms. The third kappa shape index (κ3) is 5.58. The van der Waals surface area contributed by atoms with Gasteiger partial charge >= 0.3 is 5.97 Å². The maximum atomic E-state index is 14.5. The first kappa shape index (κ1) is 23.6. The Labute approximate surface area is 206 Å². The van der Waals surface area contributed by atoms with Crippen molar-refractivity contribution in [1.29, 1.82) is 0 Å². The summed E-state index contributed by atoms with van der Waals surface area (Å²) in [6, 6.07) is 13.5. The second-order valence-corrected chi connectivity index (χ2v) is 9.91. The van der Waals surface area contributed by atoms with E-state index in [1.54, 1.807) is 19.2 Å². The van der Waals surface area contributed by atoms with Gasteiger partial charge in [0.15, 0.2) is 0 Å². The second-order valence-electron chi connectivity index (χ2n) is 9.91. The average Bonchev–Trinajstić information content (AvgIpc) is 3.81. The van der Waals surface area contributed by atoms with Crippen molar-refractivity contribution in [3.05, 3.63) is 82.4 Å². The topological polar surface area (TPSA) is 53.3 Å². The SMILES string of the molecule is COC(=O)CC(c1cccc(CCc2cnn(Cc3cc(OC)ccc3F)c2C2CC2)c1)C1CC1. The van der Waals surface area contributed by atoms with Crippen molar-refractivity contribution in [2.75, 3.05) is 14.2 Å². The summed E-state index contributed by atoms with van der Waals surface area (Å²) in [7, 11) is 3.05. The van der Waals surface area contributed by atoms with E-state index < -0.39 is 0 Å². The largest absolute Gasteiger partial charge is 0.497 e. The molecule has 2 aromatic carbocycles. The highest BCUT2D eigenvalue weighted by atomic mass is 19.1. The molecule has 0 aliphatic heterocycles. The molecule has 5 rings (SSSR count). The van der Waals surface area contributed by atoms with Crippen LogP contribution in [0.25, 0.3) is 0 Å². The van der Waals surface area contributed by atoms with E-state index in [0.29, 0.717) is 36.1 Å². The van der Waals surface area contributed by atoms with Crippen molar-refractivity contribution in [3.8, 4) is 5.75 Å². The number of ether oxygens (including phenoxy) is 2. The minimum atomic E-state index is -0.237. The molecule has 1 atom stereocenters. The zero-order valence-corrected chi connectivity index (χ0v) is 20.5. The Morgan fingerprint density at radius 1 is 1.09 bits per heavy atom. The van der Waals surface area contributed by atoms with Gasteiger partial charge in [0.05, 0.1) is 33.4 Å². The van der Waals surface area contributed by atoms with Gasteiger partial charge in [0.25, 0.3) is 0 Å². The lowest BCUT2D eigenvalue weighted by atomic mass is 9.89. The third-order valence-corrected chi connectivity index (χ3v) is 7.36. The van der Waals surface area contributed by atoms with Crippen LogP contribution < -0.4 is 4.74 Å². The molecule has 3 aromatic rings. The number of halogens is 1. The van der Waals surface area contributed by atoms with Gasteiger partial charge in [0, 0.05) is 17.2 Å². The fourth-order valence-corrected chi connectivity index (χ4v) is 5.12. The van der Waals surface area contributed by atoms with Crippen molar-refractivity contribution in [3.63, 3.8) is 0 Å². The molecule has 0 bridgehead atoms. The highest BCUT2D eigenvalue weighted by Crippen LogP contribution is 2.45. The van der Waals surface area contributed by atoms with E-state index in [9.17, 15) is 9.18 Å². The van der Waals surface area contributed by atoms with Gasteiger partial charge < -0.3 is 9.47 Å². The standard InChI is InChI=1S/C29H33FN2O3/c1-34-25-12-13-27(30)24(15-25)18-32-29(21-10-11-21)23(17-31-32)7-6-19-4-3-5-22(14-19)26(20-8-9-20)16-28(33)35-2/h3-5,12-15,17,20-21,26H,6-11,16,18H2,1-2H3. The number of hydrogen-bond donors (Lipinski definition) is 0. The first-order valence-electron chi connectivity index (χ1n) is 12.6. The molecular formula is C29H33FN2O3. The molecule has 1 unspecified atom stereocenters. The number of methoxy groups -OCH3 is 2. The summed E-state index contributed by atoms with van der Waals surface area (Å²) in [6.07, 6.45) is 8.89. The Morgan fingerprint density at radius 3 is 2.63 bits per heavy atom. The predicted molar refractivity (Wildman–Crippen MR) is 132 cm³/mol. The minimum Gasteiger partial charge on any atom is -0.497 e. The number of carbonyl (C=O) groups excluding carboxylic acids is 1. The minimum absolute atomic E-state index is 0.138. The van der Waals surface area contributed by atoms with E-state index in [1.165, 1.54) is 48.4 Å². The quantitative estimate of drug-likeness (QED) is 0.328. The molecule has 2 aliphatic carbocycles. The molecule has 0 saturated heterocycles. The molecule has 35 heavy (non-hydrogen) atoms. The lowest BCUT2D eigenvalue weighted by Gasteiger charge is -2.16. The summed E-state index contributed by atoms with van der Waals surface area (Å²) in [5, 5.41) is 4.66. The second kappa shape index (κ2) is 10.2. The Hall–Kier alpha value is -3.15. The zero-order valence-electron chi connectivity index (χ0n) is 20.5. The van der Waals surface area contributed by atoms with Gasteiger partial charge in [-0.1, -0.05) is 24.3 Å². The molecule has 2 fully saturated rings. The molecule has 0 N–H and O–H groups in total. The Balaban J connectivity index is 1.31. The van der Waals surface area contributed by atoms with E-state index in [0.717, 1.165) is 25.7 Å². The van der Waals surface area contributed by atoms with Crippen LogP contribution in [0.3, 0.4) is 0 Å². The first-order chi connectivity index (χ1) is 17.1. The molecule has 0 amide bonds. The fraction of sp³-hybridized carbons (Fsp3) is 0.448. The number of rotatable bonds is 11. The first-order valence-corrected chi connectivity index (χ1v) is 12.6. The maximum absolute atomic E-state index is 14.5. The lowest BCUT2D eigenvalue weighted by Crippen LogP contribution is -2.11. The summed E-state index contributed by atoms with van der Waals surface area (Å²) >= 11 is 0. The van der Waals surface area contributed by atoms with Crippen LogP contribution in [0, 0.1) is 11.7 Å². The van der Waals surface area contributed by atoms with Crippen LogP contribution in [0.5, 0.6) is 5.75 Å². The molecular weight excluding hydrogens is 443 g/mol. The average molecular weight is 477 g/mol. The molecule has 5 nitrogen and oxygen atoms in total. The normalized spacial score (nSPS) is 16.2. The van der Waals surface area contributed by atoms with E-state index in [1.807, 2.05) is 10.9 Å². The molecule has 6 heteroatoms. The molecule has 184 valence electrons. The highest BCUT2D eigenvalue weighted by Gasteiger charge is 2.34. The van der Waals surface area contributed by atoms with Gasteiger partial charge in [-0.15, -0.1) is 0 Å². The maximum Gasteiger partial charge on any atom is 0.306 e. The van der Waals surface area contributed by atoms with Gasteiger partial charge in [-0.25, -0.2) is 4.39 Å². The lowest BCUT2D eigenvalue weighted by molar-refractivity contribution is -0.141. The monoisotopic (exact) mass is 476 g/mol. The number of aryl methyl sites for hydroxylation is 2. The van der Waals surface area contributed by atoms with E-state index in [2.05, 4.69) is 29.4 Å². The summed E-state index contributed by atoms with van der Waals surface area (Å²) in [4.78, 5) is 12.0. The third-order valence-electron chi connectivity index (χ3n) is 7.36. The number of nitrogens with zero attached hydrogens (tertiary/aromatic N) is 2. The zero-order chi connectivity index (χ0) is 24.4. The van der Waals surface area contributed by atoms with E-state index in [-0.39, 0.29) is 17.7 Å². The van der Waals surface area contributed by atoms with Crippen LogP contribution in [0.1, 0.15) is 71.9 Å². The van der Waals surface area contributed by atoms with Crippen LogP contribution in [-0.4, -0.2) is 30.0 Å². The van der Waals surface area contributed by atoms with Crippen molar-refractivity contribution in [1.82, 2.24) is 9.78 Å². The summed E-state index contributed by atoms with van der Waals surface area (Å²) < 4.78 is 26.7. The predicted octanol–water partition coefficient (Wildman–Crippen LogP) is 5.80. The Morgan fingerprint density at radius 2 is 1.91 bits per heavy atom. The van der Waals surface area contributed by atoms with Crippen molar-refractivity contribution in [2.24, 2.45) is 5.92 Å². The number of aromatic nitrogens is 2. The van der Waals surface area contributed by atoms with E-state index in [4.69, 9.17) is 9.47 Å². The van der Waals surface area contributed by atoms with Crippen LogP contribution in [-0.2, 0) is 28.9 Å². The van der Waals surface area contributed by atoms with Crippen molar-refractivity contribution < 1.29 is 18.7 Å². The summed E-state index contributed by atoms with van der Waals surface area (Å²) in [6.45, 7) is 0.404. The van der Waals surface area contributed by atoms with Crippen LogP contribution in [0.4, 0.5) is 4.39 Å². The van der Waals surface area contributed by atoms with Crippen molar-refractivity contribution in [2.45, 2.75) is 63.3 Å². The van der Waals surface area contributed by atoms with Crippen LogP contribution >= 0.6 is 0 Å². The van der Waals surface area contributed by atoms with Crippen molar-refractivity contribution >= 4 is 5.97 Å². The smallest absolute Gasteiger partial charge is 0.306 e. The molecule has 0 radical (unpaired) electrons. The number of carbonyl (C=O) groups is 1. The number of hydrogen-bond acceptors (Lipinski definition) is 4. The molecule has 1 heterocycles. The van der Waals surface area contributed by atoms with Crippen LogP contribution in [0.15, 0.2) is 48.7 Å². The van der Waals surface area contributed by atoms with Crippen LogP contribution in [0.2, 0.25) is 0 Å². The van der Waals surface area contributed by atoms with Gasteiger partial charge in [-0.3, -0.25) is 9.48 Å². The molecule has 1 aromatic heterocycles. The Kier molecular flexibility index (Phi) is 6.89. The van der Waals surface area contributed by atoms with Gasteiger partial charge in [-0.05, 0) is 85.3 Å². The van der Waals surface area contributed by atoms with E-state index >= 15 is 0 Å². The Bertz CT molecular complexity index is 1200. The highest BCUT2D eigenvalue weighted by molar-refractivity contribution is 5.70.